The van der Waals surface area contributed by atoms with Crippen LogP contribution in [0.5, 0.6) is 0 Å². The fourth-order valence-corrected chi connectivity index (χ4v) is 24.8. The molecule has 4 aliphatic rings. The maximum atomic E-state index is 4.66. The molecule has 0 N–H and O–H groups in total. The highest BCUT2D eigenvalue weighted by Gasteiger charge is 2.62. The molecule has 304 valence electrons. The Balaban J connectivity index is 1.06. The molecule has 28 aromatic rings. The topological polar surface area (TPSA) is 0 Å². The summed E-state index contributed by atoms with van der Waals surface area (Å²) in [5, 5.41) is 90.1. The van der Waals surface area contributed by atoms with Gasteiger partial charge in [0.2, 0.25) is 0 Å². The van der Waals surface area contributed by atoms with E-state index in [1.165, 1.54) is 44.9 Å². The molecule has 0 saturated heterocycles. The predicted molar refractivity (Wildman–Crippen MR) is 305 cm³/mol. The Bertz CT molecular complexity index is 6940. The lowest BCUT2D eigenvalue weighted by Crippen LogP contribution is -2.36. The first-order valence-corrected chi connectivity index (χ1v) is 27.7. The maximum absolute atomic E-state index is 4.66. The predicted octanol–water partition coefficient (Wildman–Crippen LogP) is 20.3. The van der Waals surface area contributed by atoms with Crippen LogP contribution in [0, 0.1) is 11.8 Å². The average molecular weight is 873 g/mol. The minimum atomic E-state index is -0.410. The second kappa shape index (κ2) is 6.75. The van der Waals surface area contributed by atoms with Crippen LogP contribution in [0.15, 0.2) is 0 Å². The van der Waals surface area contributed by atoms with Crippen LogP contribution in [0.1, 0.15) is 86.5 Å². The molecule has 4 aliphatic carbocycles. The normalized spacial score (nSPS) is 20.4. The monoisotopic (exact) mass is 872 g/mol. The van der Waals surface area contributed by atoms with Gasteiger partial charge in [0.15, 0.2) is 0 Å². The largest absolute Gasteiger partial charge is 0.102 e. The van der Waals surface area contributed by atoms with E-state index in [2.05, 4.69) is 18.8 Å². The smallest absolute Gasteiger partial charge is 0.0946 e. The molecule has 0 heteroatoms. The number of benzene rings is 18. The summed E-state index contributed by atoms with van der Waals surface area (Å²) >= 11 is 0. The van der Waals surface area contributed by atoms with Gasteiger partial charge in [-0.1, -0.05) is 51.4 Å². The van der Waals surface area contributed by atoms with Crippen molar-refractivity contribution in [3.05, 3.63) is 22.3 Å². The van der Waals surface area contributed by atoms with E-state index in [9.17, 15) is 0 Å². The minimum absolute atomic E-state index is 0.217. The quantitative estimate of drug-likeness (QED) is 0.0850. The van der Waals surface area contributed by atoms with E-state index in [1.54, 1.807) is 313 Å². The molecule has 28 aromatic carbocycles. The molecule has 0 spiro atoms. The lowest BCUT2D eigenvalue weighted by molar-refractivity contribution is 0.592. The first kappa shape index (κ1) is 28.0. The molecule has 32 rings (SSSR count). The molecule has 0 amide bonds. The summed E-state index contributed by atoms with van der Waals surface area (Å²) in [5.74, 6) is 9.12. The Hall–Kier alpha value is -7.98. The van der Waals surface area contributed by atoms with Crippen LogP contribution < -0.4 is 0 Å². The molecule has 0 aliphatic heterocycles. The number of hydrogen-bond acceptors (Lipinski definition) is 0. The van der Waals surface area contributed by atoms with Crippen LogP contribution in [0.25, 0.3) is 291 Å². The van der Waals surface area contributed by atoms with Crippen molar-refractivity contribution in [2.24, 2.45) is 0 Å². The summed E-state index contributed by atoms with van der Waals surface area (Å²) in [7, 11) is 0. The molecule has 0 unspecified atom stereocenters. The van der Waals surface area contributed by atoms with Crippen LogP contribution in [0.2, 0.25) is 0 Å². The van der Waals surface area contributed by atoms with E-state index in [0.717, 1.165) is 6.42 Å². The molecule has 0 radical (unpaired) electrons. The third-order valence-electron chi connectivity index (χ3n) is 25.3. The first-order valence-electron chi connectivity index (χ1n) is 27.7. The van der Waals surface area contributed by atoms with Gasteiger partial charge in [0, 0.05) is 12.3 Å². The third-order valence-corrected chi connectivity index (χ3v) is 25.3. The van der Waals surface area contributed by atoms with Gasteiger partial charge in [-0.05, 0) is 320 Å². The zero-order chi connectivity index (χ0) is 42.6. The van der Waals surface area contributed by atoms with Crippen molar-refractivity contribution in [1.29, 1.82) is 0 Å². The summed E-state index contributed by atoms with van der Waals surface area (Å²) in [6.07, 6.45) is 10.3. The SMILES string of the molecule is CCCCCCCCCC#CC12c3c4c5c6c7c8c(c9c%10c1c1c3c3c%11c4c4c5c5c7c7c%12c8c8c9c9c%10c%10c1c1c3c3c%11c%11c4c4c5c7c5c7c%12c8c8c9c9c%10c1c1c3c3c%11c4c5c4c7c8c9c1c34)C62. The highest BCUT2D eigenvalue weighted by Crippen LogP contribution is 2.83. The zero-order valence-corrected chi connectivity index (χ0v) is 37.7. The number of rotatable bonds is 7. The molecule has 0 fully saturated rings. The highest BCUT2D eigenvalue weighted by molar-refractivity contribution is 6.82. The van der Waals surface area contributed by atoms with Crippen LogP contribution in [0.4, 0.5) is 0 Å². The van der Waals surface area contributed by atoms with E-state index in [0.29, 0.717) is 0 Å². The van der Waals surface area contributed by atoms with Crippen LogP contribution in [0.3, 0.4) is 0 Å². The third kappa shape index (κ3) is 1.63. The van der Waals surface area contributed by atoms with Gasteiger partial charge in [-0.2, -0.15) is 0 Å². The van der Waals surface area contributed by atoms with Gasteiger partial charge in [-0.3, -0.25) is 0 Å². The van der Waals surface area contributed by atoms with Crippen LogP contribution in [-0.4, -0.2) is 0 Å². The van der Waals surface area contributed by atoms with Gasteiger partial charge < -0.3 is 0 Å². The van der Waals surface area contributed by atoms with Gasteiger partial charge in [-0.15, -0.1) is 5.92 Å². The first-order chi connectivity index (χ1) is 35.4. The second-order valence-corrected chi connectivity index (χ2v) is 26.2. The van der Waals surface area contributed by atoms with E-state index in [1.807, 2.05) is 0 Å². The minimum Gasteiger partial charge on any atom is -0.102 e. The fourth-order valence-electron chi connectivity index (χ4n) is 24.8. The van der Waals surface area contributed by atoms with Crippen molar-refractivity contribution < 1.29 is 0 Å². The van der Waals surface area contributed by atoms with Gasteiger partial charge in [0.25, 0.3) is 0 Å². The van der Waals surface area contributed by atoms with Crippen molar-refractivity contribution in [3.8, 4) is 11.8 Å². The highest BCUT2D eigenvalue weighted by atomic mass is 14.6. The van der Waals surface area contributed by atoms with Gasteiger partial charge in [-0.25, -0.2) is 0 Å². The molecule has 0 saturated carbocycles. The molecular weight excluding hydrogens is 853 g/mol. The Kier molecular flexibility index (Phi) is 2.66. The Morgan fingerprint density at radius 1 is 0.239 bits per heavy atom. The molecule has 0 atom stereocenters. The fraction of sp³-hybridized carbons (Fsp3) is 0.155. The van der Waals surface area contributed by atoms with Crippen LogP contribution in [-0.2, 0) is 5.41 Å². The summed E-state index contributed by atoms with van der Waals surface area (Å²) in [5.41, 5.74) is 6.41. The summed E-state index contributed by atoms with van der Waals surface area (Å²) in [6.45, 7) is 2.34. The summed E-state index contributed by atoms with van der Waals surface area (Å²) < 4.78 is 0. The van der Waals surface area contributed by atoms with Crippen LogP contribution >= 0.6 is 0 Å². The standard InChI is InChI=1S/C71H20/c1-2-3-4-5-6-7-8-9-10-11-71-68-64-58-44-36-28-16-13-12-14-17(16)29-31-27-21(14)23-19-15(12)18-22-20(13)26-30(28)42(44)50-48-34(26)32(22)40-38-24(18)25(19)39-41-33(23)35(27)49-51-43(31)45(37(29)36)59(58)65(68)61(51)63-55(49)53(41)57-47(39)46(38)56-52(40)54(48)62(60(50)64)69(71)66(56)67(57)70(63)71/h68H,2-9H2,1H3. The molecule has 71 heavy (non-hydrogen) atoms. The zero-order valence-electron chi connectivity index (χ0n) is 37.7. The molecular formula is C71H20. The Labute approximate surface area is 392 Å². The van der Waals surface area contributed by atoms with Gasteiger partial charge >= 0.3 is 0 Å². The summed E-state index contributed by atoms with van der Waals surface area (Å²) in [4.78, 5) is 0. The van der Waals surface area contributed by atoms with Crippen molar-refractivity contribution in [1.82, 2.24) is 0 Å². The van der Waals surface area contributed by atoms with Gasteiger partial charge in [0.1, 0.15) is 0 Å². The molecule has 0 heterocycles. The lowest BCUT2D eigenvalue weighted by Gasteiger charge is -2.42. The summed E-state index contributed by atoms with van der Waals surface area (Å²) in [6, 6.07) is 0. The second-order valence-electron chi connectivity index (χ2n) is 26.2. The van der Waals surface area contributed by atoms with Crippen molar-refractivity contribution in [2.45, 2.75) is 69.6 Å². The molecule has 0 nitrogen and oxygen atoms in total. The van der Waals surface area contributed by atoms with Gasteiger partial charge in [0.05, 0.1) is 5.41 Å². The Morgan fingerprint density at radius 2 is 0.437 bits per heavy atom. The molecule has 0 aromatic heterocycles. The van der Waals surface area contributed by atoms with E-state index in [4.69, 9.17) is 0 Å². The lowest BCUT2D eigenvalue weighted by atomic mass is 9.58. The van der Waals surface area contributed by atoms with Crippen molar-refractivity contribution >= 4 is 291 Å². The van der Waals surface area contributed by atoms with E-state index in [-0.39, 0.29) is 5.92 Å². The number of hydrogen-bond donors (Lipinski definition) is 0. The van der Waals surface area contributed by atoms with Crippen molar-refractivity contribution in [3.63, 3.8) is 0 Å². The van der Waals surface area contributed by atoms with E-state index < -0.39 is 5.41 Å². The number of unbranched alkanes of at least 4 members (excludes halogenated alkanes) is 7. The van der Waals surface area contributed by atoms with E-state index >= 15 is 0 Å². The average Bonchev–Trinajstić information content (AvgIpc) is 4.31. The van der Waals surface area contributed by atoms with Crippen molar-refractivity contribution in [2.75, 3.05) is 0 Å². The maximum Gasteiger partial charge on any atom is 0.0946 e. The molecule has 0 bridgehead atoms. The Morgan fingerprint density at radius 3 is 0.704 bits per heavy atom.